The summed E-state index contributed by atoms with van der Waals surface area (Å²) < 4.78 is 35.8. The lowest BCUT2D eigenvalue weighted by atomic mass is 9.96. The molecule has 4 rings (SSSR count). The van der Waals surface area contributed by atoms with Gasteiger partial charge < -0.3 is 19.7 Å². The van der Waals surface area contributed by atoms with Crippen LogP contribution in [0.4, 0.5) is 4.79 Å². The minimum Gasteiger partial charge on any atom is -0.493 e. The summed E-state index contributed by atoms with van der Waals surface area (Å²) in [4.78, 5) is 19.2. The molecular weight excluding hydrogens is 450 g/mol. The molecular formula is C22H25N3O5S2. The number of carbonyl (C=O) groups excluding carboxylic acids is 1. The van der Waals surface area contributed by atoms with Crippen LogP contribution in [0, 0.1) is 0 Å². The van der Waals surface area contributed by atoms with E-state index in [1.54, 1.807) is 36.4 Å². The van der Waals surface area contributed by atoms with Gasteiger partial charge in [-0.15, -0.1) is 11.3 Å². The molecule has 1 aromatic heterocycles. The number of urea groups is 1. The van der Waals surface area contributed by atoms with E-state index in [2.05, 4.69) is 10.3 Å². The first-order valence-corrected chi connectivity index (χ1v) is 13.1. The van der Waals surface area contributed by atoms with Crippen LogP contribution in [-0.4, -0.2) is 56.1 Å². The van der Waals surface area contributed by atoms with E-state index in [-0.39, 0.29) is 17.8 Å². The average Bonchev–Trinajstić information content (AvgIpc) is 3.39. The van der Waals surface area contributed by atoms with E-state index < -0.39 is 15.9 Å². The number of amides is 2. The molecule has 0 radical (unpaired) electrons. The Morgan fingerprint density at radius 1 is 1.34 bits per heavy atom. The molecule has 0 bridgehead atoms. The van der Waals surface area contributed by atoms with E-state index in [4.69, 9.17) is 9.47 Å². The van der Waals surface area contributed by atoms with Crippen molar-refractivity contribution >= 4 is 32.8 Å². The summed E-state index contributed by atoms with van der Waals surface area (Å²) >= 11 is 1.49. The highest BCUT2D eigenvalue weighted by atomic mass is 32.2. The normalized spacial score (nSPS) is 19.0. The van der Waals surface area contributed by atoms with Crippen molar-refractivity contribution in [3.8, 4) is 11.5 Å². The minimum atomic E-state index is -3.41. The van der Waals surface area contributed by atoms with Crippen LogP contribution >= 0.6 is 11.3 Å². The molecule has 1 aliphatic heterocycles. The van der Waals surface area contributed by atoms with Crippen LogP contribution in [0.5, 0.6) is 11.5 Å². The van der Waals surface area contributed by atoms with Crippen LogP contribution < -0.4 is 14.8 Å². The SMILES string of the molecule is CCOc1cc([C@@H](CS(C)(=O)=O)N2C(=O)NC3=C(c4nccs4)C=CCC32)ccc1OC. The highest BCUT2D eigenvalue weighted by molar-refractivity contribution is 7.90. The number of benzene rings is 1. The molecule has 1 fully saturated rings. The predicted octanol–water partition coefficient (Wildman–Crippen LogP) is 3.40. The van der Waals surface area contributed by atoms with E-state index in [1.165, 1.54) is 17.6 Å². The molecule has 10 heteroatoms. The van der Waals surface area contributed by atoms with E-state index in [9.17, 15) is 13.2 Å². The molecule has 170 valence electrons. The van der Waals surface area contributed by atoms with Gasteiger partial charge in [0.2, 0.25) is 0 Å². The summed E-state index contributed by atoms with van der Waals surface area (Å²) in [6, 6.07) is 3.95. The zero-order valence-corrected chi connectivity index (χ0v) is 19.7. The Balaban J connectivity index is 1.79. The van der Waals surface area contributed by atoms with Crippen LogP contribution in [0.3, 0.4) is 0 Å². The van der Waals surface area contributed by atoms with E-state index >= 15 is 0 Å². The fourth-order valence-electron chi connectivity index (χ4n) is 4.12. The van der Waals surface area contributed by atoms with Crippen LogP contribution in [0.2, 0.25) is 0 Å². The summed E-state index contributed by atoms with van der Waals surface area (Å²) in [5, 5.41) is 5.67. The van der Waals surface area contributed by atoms with Gasteiger partial charge in [0.25, 0.3) is 0 Å². The number of hydrogen-bond donors (Lipinski definition) is 1. The van der Waals surface area contributed by atoms with Crippen molar-refractivity contribution in [3.63, 3.8) is 0 Å². The van der Waals surface area contributed by atoms with Gasteiger partial charge in [0.1, 0.15) is 14.8 Å². The molecule has 2 aliphatic rings. The standard InChI is InChI=1S/C22H25N3O5S2/c1-4-30-19-12-14(8-9-18(19)29-2)17(13-32(3,27)28)25-16-7-5-6-15(20(16)24-22(25)26)21-23-10-11-31-21/h5-6,8-12,16-17H,4,7,13H2,1-3H3,(H,24,26)/t16?,17-/m1/s1. The number of aromatic nitrogens is 1. The van der Waals surface area contributed by atoms with Crippen LogP contribution in [0.1, 0.15) is 30.0 Å². The van der Waals surface area contributed by atoms with Crippen molar-refractivity contribution < 1.29 is 22.7 Å². The van der Waals surface area contributed by atoms with Crippen molar-refractivity contribution in [2.24, 2.45) is 0 Å². The van der Waals surface area contributed by atoms with E-state index in [0.29, 0.717) is 30.1 Å². The van der Waals surface area contributed by atoms with Crippen LogP contribution in [-0.2, 0) is 9.84 Å². The number of carbonyl (C=O) groups is 1. The monoisotopic (exact) mass is 475 g/mol. The van der Waals surface area contributed by atoms with Gasteiger partial charge in [0.15, 0.2) is 11.5 Å². The molecule has 2 heterocycles. The Morgan fingerprint density at radius 3 is 2.81 bits per heavy atom. The van der Waals surface area contributed by atoms with Gasteiger partial charge in [0, 0.05) is 23.4 Å². The molecule has 2 aromatic rings. The maximum absolute atomic E-state index is 13.2. The van der Waals surface area contributed by atoms with Gasteiger partial charge in [-0.25, -0.2) is 18.2 Å². The van der Waals surface area contributed by atoms with Gasteiger partial charge in [-0.3, -0.25) is 0 Å². The molecule has 0 saturated carbocycles. The fraction of sp³-hybridized carbons (Fsp3) is 0.364. The summed E-state index contributed by atoms with van der Waals surface area (Å²) in [5.41, 5.74) is 2.28. The number of allylic oxidation sites excluding steroid dienone is 2. The smallest absolute Gasteiger partial charge is 0.322 e. The molecule has 8 nitrogen and oxygen atoms in total. The van der Waals surface area contributed by atoms with Gasteiger partial charge in [-0.2, -0.15) is 0 Å². The summed E-state index contributed by atoms with van der Waals surface area (Å²) in [6.07, 6.45) is 7.44. The molecule has 0 spiro atoms. The molecule has 2 amide bonds. The number of thiazole rings is 1. The summed E-state index contributed by atoms with van der Waals surface area (Å²) in [6.45, 7) is 2.29. The first kappa shape index (κ1) is 22.3. The number of sulfone groups is 1. The van der Waals surface area contributed by atoms with Gasteiger partial charge >= 0.3 is 6.03 Å². The molecule has 32 heavy (non-hydrogen) atoms. The highest BCUT2D eigenvalue weighted by Gasteiger charge is 2.43. The lowest BCUT2D eigenvalue weighted by Crippen LogP contribution is -2.40. The second-order valence-electron chi connectivity index (χ2n) is 7.61. The summed E-state index contributed by atoms with van der Waals surface area (Å²) in [7, 11) is -1.86. The van der Waals surface area contributed by atoms with Crippen molar-refractivity contribution in [1.29, 1.82) is 0 Å². The second-order valence-corrected chi connectivity index (χ2v) is 10.7. The van der Waals surface area contributed by atoms with E-state index in [0.717, 1.165) is 16.3 Å². The van der Waals surface area contributed by atoms with Crippen LogP contribution in [0.25, 0.3) is 5.57 Å². The van der Waals surface area contributed by atoms with Crippen molar-refractivity contribution in [3.05, 3.63) is 58.2 Å². The van der Waals surface area contributed by atoms with Crippen molar-refractivity contribution in [2.75, 3.05) is 25.7 Å². The van der Waals surface area contributed by atoms with Crippen LogP contribution in [0.15, 0.2) is 47.6 Å². The third-order valence-electron chi connectivity index (χ3n) is 5.41. The maximum Gasteiger partial charge on any atom is 0.322 e. The van der Waals surface area contributed by atoms with Crippen molar-refractivity contribution in [1.82, 2.24) is 15.2 Å². The number of ether oxygens (including phenoxy) is 2. The molecule has 1 N–H and O–H groups in total. The topological polar surface area (TPSA) is 97.8 Å². The third-order valence-corrected chi connectivity index (χ3v) is 7.14. The number of rotatable bonds is 8. The summed E-state index contributed by atoms with van der Waals surface area (Å²) in [5.74, 6) is 0.846. The van der Waals surface area contributed by atoms with E-state index in [1.807, 2.05) is 24.5 Å². The number of hydrogen-bond acceptors (Lipinski definition) is 7. The Bertz CT molecular complexity index is 1170. The predicted molar refractivity (Wildman–Crippen MR) is 124 cm³/mol. The van der Waals surface area contributed by atoms with Gasteiger partial charge in [-0.05, 0) is 31.0 Å². The largest absolute Gasteiger partial charge is 0.493 e. The molecule has 1 saturated heterocycles. The van der Waals surface area contributed by atoms with Crippen molar-refractivity contribution in [2.45, 2.75) is 25.4 Å². The Morgan fingerprint density at radius 2 is 2.16 bits per heavy atom. The Hall–Kier alpha value is -2.85. The molecule has 1 aromatic carbocycles. The first-order chi connectivity index (χ1) is 15.3. The zero-order valence-electron chi connectivity index (χ0n) is 18.1. The number of fused-ring (bicyclic) bond motifs is 1. The second kappa shape index (κ2) is 8.95. The third kappa shape index (κ3) is 4.37. The Labute approximate surface area is 191 Å². The zero-order chi connectivity index (χ0) is 22.9. The lowest BCUT2D eigenvalue weighted by Gasteiger charge is -2.33. The maximum atomic E-state index is 13.2. The first-order valence-electron chi connectivity index (χ1n) is 10.2. The number of nitrogens with one attached hydrogen (secondary N) is 1. The lowest BCUT2D eigenvalue weighted by molar-refractivity contribution is 0.184. The number of methoxy groups -OCH3 is 1. The highest BCUT2D eigenvalue weighted by Crippen LogP contribution is 2.40. The quantitative estimate of drug-likeness (QED) is 0.628. The molecule has 1 unspecified atom stereocenters. The fourth-order valence-corrected chi connectivity index (χ4v) is 5.72. The minimum absolute atomic E-state index is 0.210. The number of nitrogens with zero attached hydrogens (tertiary/aromatic N) is 2. The molecule has 1 aliphatic carbocycles. The average molecular weight is 476 g/mol. The van der Waals surface area contributed by atoms with Gasteiger partial charge in [0.05, 0.1) is 37.3 Å². The molecule has 2 atom stereocenters. The van der Waals surface area contributed by atoms with Gasteiger partial charge in [-0.1, -0.05) is 18.2 Å². The Kier molecular flexibility index (Phi) is 6.25.